The Morgan fingerprint density at radius 2 is 1.90 bits per heavy atom. The summed E-state index contributed by atoms with van der Waals surface area (Å²) < 4.78 is 1.78. The van der Waals surface area contributed by atoms with E-state index in [1.807, 2.05) is 62.5 Å². The number of carbonyl (C=O) groups excluding carboxylic acids is 2. The van der Waals surface area contributed by atoms with Crippen LogP contribution in [0.25, 0.3) is 5.69 Å². The number of aryl methyl sites for hydroxylation is 2. The summed E-state index contributed by atoms with van der Waals surface area (Å²) in [6, 6.07) is 13.4. The highest BCUT2D eigenvalue weighted by Gasteiger charge is 2.29. The molecule has 0 saturated heterocycles. The van der Waals surface area contributed by atoms with Gasteiger partial charge in [-0.25, -0.2) is 4.68 Å². The van der Waals surface area contributed by atoms with E-state index in [1.54, 1.807) is 9.58 Å². The van der Waals surface area contributed by atoms with E-state index < -0.39 is 0 Å². The van der Waals surface area contributed by atoms with Crippen molar-refractivity contribution in [3.05, 3.63) is 71.0 Å². The standard InChI is InChI=1S/C23H24N4O2/c1-14(2)19-10-11-27(25-19)17-9-8-15(3)18(12-17)23(29)26-13-21(28)24-22-16(4)6-5-7-20(22)26/h5-12,14H,13H2,1-4H3,(H,24,28). The fraction of sp³-hybridized carbons (Fsp3) is 0.261. The van der Waals surface area contributed by atoms with Gasteiger partial charge in [0, 0.05) is 11.8 Å². The monoisotopic (exact) mass is 388 g/mol. The Bertz CT molecular complexity index is 1110. The fourth-order valence-electron chi connectivity index (χ4n) is 3.55. The first-order chi connectivity index (χ1) is 13.8. The predicted molar refractivity (Wildman–Crippen MR) is 114 cm³/mol. The van der Waals surface area contributed by atoms with Gasteiger partial charge in [0.1, 0.15) is 6.54 Å². The molecule has 4 rings (SSSR count). The second-order valence-corrected chi connectivity index (χ2v) is 7.75. The average molecular weight is 388 g/mol. The zero-order valence-electron chi connectivity index (χ0n) is 17.1. The van der Waals surface area contributed by atoms with Crippen LogP contribution in [-0.2, 0) is 4.79 Å². The number of aromatic nitrogens is 2. The highest BCUT2D eigenvalue weighted by Crippen LogP contribution is 2.33. The van der Waals surface area contributed by atoms with Gasteiger partial charge in [0.25, 0.3) is 5.91 Å². The van der Waals surface area contributed by atoms with Crippen molar-refractivity contribution >= 4 is 23.2 Å². The Morgan fingerprint density at radius 1 is 1.10 bits per heavy atom. The lowest BCUT2D eigenvalue weighted by Crippen LogP contribution is -2.42. The molecule has 3 aromatic rings. The number of hydrogen-bond donors (Lipinski definition) is 1. The number of nitrogens with one attached hydrogen (secondary N) is 1. The largest absolute Gasteiger partial charge is 0.322 e. The molecule has 0 spiro atoms. The number of carbonyl (C=O) groups is 2. The van der Waals surface area contributed by atoms with Gasteiger partial charge in [-0.1, -0.05) is 32.0 Å². The Labute approximate surface area is 170 Å². The fourth-order valence-corrected chi connectivity index (χ4v) is 3.55. The van der Waals surface area contributed by atoms with Gasteiger partial charge in [-0.2, -0.15) is 5.10 Å². The number of anilines is 2. The van der Waals surface area contributed by atoms with E-state index in [0.29, 0.717) is 17.2 Å². The molecule has 1 aromatic heterocycles. The van der Waals surface area contributed by atoms with Gasteiger partial charge < -0.3 is 5.32 Å². The third-order valence-corrected chi connectivity index (χ3v) is 5.27. The molecule has 0 saturated carbocycles. The van der Waals surface area contributed by atoms with Crippen molar-refractivity contribution in [3.8, 4) is 5.69 Å². The van der Waals surface area contributed by atoms with Crippen LogP contribution in [0.5, 0.6) is 0 Å². The number of amides is 2. The summed E-state index contributed by atoms with van der Waals surface area (Å²) in [5.74, 6) is -0.0562. The molecule has 0 atom stereocenters. The number of para-hydroxylation sites is 1. The molecule has 0 aliphatic carbocycles. The van der Waals surface area contributed by atoms with E-state index in [4.69, 9.17) is 0 Å². The summed E-state index contributed by atoms with van der Waals surface area (Å²) in [7, 11) is 0. The summed E-state index contributed by atoms with van der Waals surface area (Å²) in [5, 5.41) is 7.49. The second kappa shape index (κ2) is 7.20. The van der Waals surface area contributed by atoms with Crippen molar-refractivity contribution in [2.75, 3.05) is 16.8 Å². The van der Waals surface area contributed by atoms with Crippen molar-refractivity contribution in [2.45, 2.75) is 33.6 Å². The van der Waals surface area contributed by atoms with Crippen LogP contribution in [0.4, 0.5) is 11.4 Å². The summed E-state index contributed by atoms with van der Waals surface area (Å²) in [6.45, 7) is 8.01. The highest BCUT2D eigenvalue weighted by molar-refractivity contribution is 6.16. The minimum Gasteiger partial charge on any atom is -0.322 e. The smallest absolute Gasteiger partial charge is 0.259 e. The quantitative estimate of drug-likeness (QED) is 0.731. The van der Waals surface area contributed by atoms with Gasteiger partial charge in [0.05, 0.1) is 22.8 Å². The zero-order chi connectivity index (χ0) is 20.7. The zero-order valence-corrected chi connectivity index (χ0v) is 17.1. The first-order valence-electron chi connectivity index (χ1n) is 9.73. The molecule has 1 aliphatic heterocycles. The second-order valence-electron chi connectivity index (χ2n) is 7.75. The molecule has 1 aliphatic rings. The number of nitrogens with zero attached hydrogens (tertiary/aromatic N) is 3. The van der Waals surface area contributed by atoms with Crippen LogP contribution < -0.4 is 10.2 Å². The molecule has 0 unspecified atom stereocenters. The molecule has 1 N–H and O–H groups in total. The van der Waals surface area contributed by atoms with E-state index in [9.17, 15) is 9.59 Å². The van der Waals surface area contributed by atoms with Crippen molar-refractivity contribution in [2.24, 2.45) is 0 Å². The molecule has 0 radical (unpaired) electrons. The van der Waals surface area contributed by atoms with Gasteiger partial charge in [0.2, 0.25) is 5.91 Å². The van der Waals surface area contributed by atoms with E-state index >= 15 is 0 Å². The minimum absolute atomic E-state index is 0.00176. The van der Waals surface area contributed by atoms with E-state index in [2.05, 4.69) is 24.3 Å². The van der Waals surface area contributed by atoms with E-state index in [0.717, 1.165) is 28.2 Å². The lowest BCUT2D eigenvalue weighted by atomic mass is 10.0. The molecule has 2 aromatic carbocycles. The Hall–Kier alpha value is -3.41. The SMILES string of the molecule is Cc1ccc(-n2ccc(C(C)C)n2)cc1C(=O)N1CC(=O)Nc2c(C)cccc21. The van der Waals surface area contributed by atoms with Gasteiger partial charge in [-0.3, -0.25) is 14.5 Å². The third kappa shape index (κ3) is 3.42. The number of fused-ring (bicyclic) bond motifs is 1. The molecule has 2 heterocycles. The normalized spacial score (nSPS) is 13.4. The molecular weight excluding hydrogens is 364 g/mol. The lowest BCUT2D eigenvalue weighted by molar-refractivity contribution is -0.115. The molecule has 6 heteroatoms. The lowest BCUT2D eigenvalue weighted by Gasteiger charge is -2.30. The predicted octanol–water partition coefficient (Wildman–Crippen LogP) is 4.21. The number of hydrogen-bond acceptors (Lipinski definition) is 3. The molecule has 0 bridgehead atoms. The Balaban J connectivity index is 1.74. The van der Waals surface area contributed by atoms with Crippen molar-refractivity contribution in [1.82, 2.24) is 9.78 Å². The molecule has 0 fully saturated rings. The summed E-state index contributed by atoms with van der Waals surface area (Å²) in [6.07, 6.45) is 1.90. The van der Waals surface area contributed by atoms with Crippen LogP contribution in [0, 0.1) is 13.8 Å². The van der Waals surface area contributed by atoms with Crippen molar-refractivity contribution in [3.63, 3.8) is 0 Å². The van der Waals surface area contributed by atoms with E-state index in [1.165, 1.54) is 0 Å². The molecule has 2 amide bonds. The van der Waals surface area contributed by atoms with Crippen LogP contribution >= 0.6 is 0 Å². The first-order valence-corrected chi connectivity index (χ1v) is 9.73. The van der Waals surface area contributed by atoms with Crippen LogP contribution in [0.2, 0.25) is 0 Å². The Morgan fingerprint density at radius 3 is 2.62 bits per heavy atom. The van der Waals surface area contributed by atoms with Crippen LogP contribution in [-0.4, -0.2) is 28.1 Å². The maximum atomic E-state index is 13.5. The van der Waals surface area contributed by atoms with Crippen LogP contribution in [0.1, 0.15) is 46.9 Å². The Kier molecular flexibility index (Phi) is 4.70. The van der Waals surface area contributed by atoms with Gasteiger partial charge in [-0.05, 0) is 55.2 Å². The van der Waals surface area contributed by atoms with Crippen LogP contribution in [0.3, 0.4) is 0 Å². The molecular formula is C23H24N4O2. The minimum atomic E-state index is -0.192. The molecule has 148 valence electrons. The maximum absolute atomic E-state index is 13.5. The van der Waals surface area contributed by atoms with Crippen LogP contribution in [0.15, 0.2) is 48.7 Å². The number of benzene rings is 2. The van der Waals surface area contributed by atoms with Gasteiger partial charge in [0.15, 0.2) is 0 Å². The van der Waals surface area contributed by atoms with Gasteiger partial charge in [-0.15, -0.1) is 0 Å². The van der Waals surface area contributed by atoms with Crippen molar-refractivity contribution < 1.29 is 9.59 Å². The highest BCUT2D eigenvalue weighted by atomic mass is 16.2. The molecule has 6 nitrogen and oxygen atoms in total. The van der Waals surface area contributed by atoms with Crippen molar-refractivity contribution in [1.29, 1.82) is 0 Å². The molecule has 29 heavy (non-hydrogen) atoms. The topological polar surface area (TPSA) is 67.2 Å². The summed E-state index contributed by atoms with van der Waals surface area (Å²) in [5.41, 5.74) is 5.57. The maximum Gasteiger partial charge on any atom is 0.259 e. The van der Waals surface area contributed by atoms with E-state index in [-0.39, 0.29) is 18.4 Å². The average Bonchev–Trinajstić information content (AvgIpc) is 3.19. The van der Waals surface area contributed by atoms with Gasteiger partial charge >= 0.3 is 0 Å². The summed E-state index contributed by atoms with van der Waals surface area (Å²) in [4.78, 5) is 27.2. The third-order valence-electron chi connectivity index (χ3n) is 5.27. The first kappa shape index (κ1) is 18.9. The summed E-state index contributed by atoms with van der Waals surface area (Å²) >= 11 is 0. The number of rotatable bonds is 3.